The number of anilines is 1. The lowest BCUT2D eigenvalue weighted by Gasteiger charge is -2.50. The van der Waals surface area contributed by atoms with Crippen LogP contribution in [0.15, 0.2) is 42.5 Å². The van der Waals surface area contributed by atoms with Gasteiger partial charge in [-0.2, -0.15) is 0 Å². The van der Waals surface area contributed by atoms with E-state index in [2.05, 4.69) is 15.1 Å². The quantitative estimate of drug-likeness (QED) is 0.728. The minimum Gasteiger partial charge on any atom is -0.324 e. The van der Waals surface area contributed by atoms with E-state index in [9.17, 15) is 9.59 Å². The molecule has 2 aromatic rings. The molecule has 2 fully saturated rings. The number of benzene rings is 2. The molecule has 5 nitrogen and oxygen atoms in total. The fourth-order valence-corrected chi connectivity index (χ4v) is 6.64. The van der Waals surface area contributed by atoms with Crippen LogP contribution >= 0.6 is 23.2 Å². The number of ketones is 1. The Hall–Kier alpha value is -1.92. The number of nitrogens with zero attached hydrogens (tertiary/aromatic N) is 2. The third kappa shape index (κ3) is 2.38. The van der Waals surface area contributed by atoms with Crippen LogP contribution in [0.3, 0.4) is 0 Å². The van der Waals surface area contributed by atoms with Crippen molar-refractivity contribution in [1.82, 2.24) is 9.80 Å². The van der Waals surface area contributed by atoms with E-state index in [1.165, 1.54) is 0 Å². The highest BCUT2D eigenvalue weighted by atomic mass is 35.5. The summed E-state index contributed by atoms with van der Waals surface area (Å²) in [5.41, 5.74) is 0.475. The van der Waals surface area contributed by atoms with Crippen molar-refractivity contribution in [2.45, 2.75) is 17.9 Å². The fourth-order valence-electron chi connectivity index (χ4n) is 6.10. The maximum absolute atomic E-state index is 13.9. The molecule has 3 aliphatic rings. The van der Waals surface area contributed by atoms with Gasteiger partial charge in [0.05, 0.1) is 5.41 Å². The average Bonchev–Trinajstić information content (AvgIpc) is 3.14. The zero-order valence-electron chi connectivity index (χ0n) is 16.9. The number of amides is 1. The molecule has 2 spiro atoms. The number of nitrogens with one attached hydrogen (secondary N) is 1. The number of hydrogen-bond acceptors (Lipinski definition) is 4. The second kappa shape index (κ2) is 6.79. The van der Waals surface area contributed by atoms with Gasteiger partial charge in [0.15, 0.2) is 0 Å². The third-order valence-corrected chi connectivity index (χ3v) is 7.80. The van der Waals surface area contributed by atoms with Crippen LogP contribution in [0.5, 0.6) is 0 Å². The van der Waals surface area contributed by atoms with E-state index in [0.29, 0.717) is 36.1 Å². The van der Waals surface area contributed by atoms with Crippen molar-refractivity contribution in [2.75, 3.05) is 39.0 Å². The first-order chi connectivity index (χ1) is 14.3. The van der Waals surface area contributed by atoms with Crippen molar-refractivity contribution in [3.63, 3.8) is 0 Å². The Bertz CT molecular complexity index is 1070. The van der Waals surface area contributed by atoms with Crippen molar-refractivity contribution in [3.05, 3.63) is 63.6 Å². The summed E-state index contributed by atoms with van der Waals surface area (Å²) in [4.78, 5) is 31.8. The molecule has 156 valence electrons. The van der Waals surface area contributed by atoms with Crippen LogP contribution in [0.1, 0.15) is 23.5 Å². The number of piperidine rings is 1. The molecule has 0 saturated carbocycles. The van der Waals surface area contributed by atoms with Crippen LogP contribution in [0, 0.1) is 5.41 Å². The van der Waals surface area contributed by atoms with Gasteiger partial charge in [0, 0.05) is 53.3 Å². The highest BCUT2D eigenvalue weighted by Gasteiger charge is 2.74. The molecular formula is C23H23Cl2N3O2. The maximum Gasteiger partial charge on any atom is 0.250 e. The van der Waals surface area contributed by atoms with Crippen LogP contribution < -0.4 is 5.32 Å². The Labute approximate surface area is 185 Å². The third-order valence-electron chi connectivity index (χ3n) is 7.24. The van der Waals surface area contributed by atoms with E-state index in [4.69, 9.17) is 23.2 Å². The van der Waals surface area contributed by atoms with Gasteiger partial charge in [-0.25, -0.2) is 0 Å². The number of hydrogen-bond donors (Lipinski definition) is 1. The number of carbonyl (C=O) groups is 2. The summed E-state index contributed by atoms with van der Waals surface area (Å²) < 4.78 is 0. The lowest BCUT2D eigenvalue weighted by Crippen LogP contribution is -2.64. The van der Waals surface area contributed by atoms with Gasteiger partial charge in [-0.15, -0.1) is 0 Å². The number of halogens is 2. The Balaban J connectivity index is 1.82. The van der Waals surface area contributed by atoms with Crippen LogP contribution in [0.4, 0.5) is 5.69 Å². The first kappa shape index (κ1) is 20.0. The highest BCUT2D eigenvalue weighted by Crippen LogP contribution is 2.64. The summed E-state index contributed by atoms with van der Waals surface area (Å²) in [7, 11) is 3.95. The van der Waals surface area contributed by atoms with Gasteiger partial charge in [0.25, 0.3) is 5.91 Å². The van der Waals surface area contributed by atoms with Crippen molar-refractivity contribution >= 4 is 40.6 Å². The molecule has 2 saturated heterocycles. The van der Waals surface area contributed by atoms with E-state index in [0.717, 1.165) is 16.8 Å². The predicted molar refractivity (Wildman–Crippen MR) is 118 cm³/mol. The number of fused-ring (bicyclic) bond motifs is 3. The highest BCUT2D eigenvalue weighted by molar-refractivity contribution is 6.35. The number of rotatable bonds is 1. The largest absolute Gasteiger partial charge is 0.324 e. The van der Waals surface area contributed by atoms with E-state index in [1.807, 2.05) is 44.4 Å². The van der Waals surface area contributed by atoms with Crippen molar-refractivity contribution in [1.29, 1.82) is 0 Å². The second-order valence-electron chi connectivity index (χ2n) is 8.69. The zero-order chi connectivity index (χ0) is 21.3. The van der Waals surface area contributed by atoms with Crippen LogP contribution in [-0.2, 0) is 15.1 Å². The van der Waals surface area contributed by atoms with Gasteiger partial charge in [-0.05, 0) is 37.9 Å². The van der Waals surface area contributed by atoms with Crippen LogP contribution in [-0.4, -0.2) is 55.2 Å². The summed E-state index contributed by atoms with van der Waals surface area (Å²) in [5.74, 6) is -0.255. The predicted octanol–water partition coefficient (Wildman–Crippen LogP) is 3.76. The lowest BCUT2D eigenvalue weighted by atomic mass is 9.57. The van der Waals surface area contributed by atoms with Crippen molar-refractivity contribution < 1.29 is 9.59 Å². The summed E-state index contributed by atoms with van der Waals surface area (Å²) in [5, 5.41) is 4.14. The molecule has 3 aliphatic heterocycles. The fraction of sp³-hybridized carbons (Fsp3) is 0.391. The average molecular weight is 444 g/mol. The summed E-state index contributed by atoms with van der Waals surface area (Å²) in [6.07, 6.45) is 0.406. The van der Waals surface area contributed by atoms with Gasteiger partial charge >= 0.3 is 0 Å². The zero-order valence-corrected chi connectivity index (χ0v) is 18.4. The number of carbonyl (C=O) groups excluding carboxylic acids is 2. The molecule has 30 heavy (non-hydrogen) atoms. The Morgan fingerprint density at radius 3 is 2.63 bits per heavy atom. The Morgan fingerprint density at radius 1 is 1.10 bits per heavy atom. The van der Waals surface area contributed by atoms with Gasteiger partial charge in [0.1, 0.15) is 11.3 Å². The standard InChI is InChI=1S/C23H23Cl2N3O2/c1-27-10-9-20(29)22(13-27)17(15-8-7-14(24)11-18(15)25)12-28(2)23(22)16-5-3-4-6-19(16)26-21(23)30/h3-8,11,17H,9-10,12-13H2,1-2H3,(H,26,30)/t17-,22+,23+/m1/s1. The first-order valence-corrected chi connectivity index (χ1v) is 10.9. The van der Waals surface area contributed by atoms with Gasteiger partial charge in [-0.3, -0.25) is 14.5 Å². The number of likely N-dealkylation sites (tertiary alicyclic amines) is 2. The molecular weight excluding hydrogens is 421 g/mol. The number of likely N-dealkylation sites (N-methyl/N-ethyl adjacent to an activating group) is 1. The first-order valence-electron chi connectivity index (χ1n) is 10.1. The molecule has 3 atom stereocenters. The van der Waals surface area contributed by atoms with Gasteiger partial charge < -0.3 is 10.2 Å². The van der Waals surface area contributed by atoms with E-state index >= 15 is 0 Å². The van der Waals surface area contributed by atoms with Crippen LogP contribution in [0.25, 0.3) is 0 Å². The van der Waals surface area contributed by atoms with E-state index in [-0.39, 0.29) is 17.6 Å². The molecule has 0 aliphatic carbocycles. The summed E-state index contributed by atoms with van der Waals surface area (Å²) >= 11 is 12.8. The molecule has 0 radical (unpaired) electrons. The second-order valence-corrected chi connectivity index (χ2v) is 9.54. The molecule has 1 amide bonds. The smallest absolute Gasteiger partial charge is 0.250 e. The molecule has 0 unspecified atom stereocenters. The molecule has 0 bridgehead atoms. The molecule has 1 N–H and O–H groups in total. The molecule has 3 heterocycles. The minimum atomic E-state index is -1.08. The SMILES string of the molecule is CN1CCC(=O)[C@]2(C1)[C@@H](c1ccc(Cl)cc1Cl)CN(C)[C@@]21C(=O)Nc2ccccc21. The topological polar surface area (TPSA) is 52.7 Å². The summed E-state index contributed by atoms with van der Waals surface area (Å²) in [6.45, 7) is 1.72. The van der Waals surface area contributed by atoms with Crippen molar-refractivity contribution in [3.8, 4) is 0 Å². The van der Waals surface area contributed by atoms with E-state index < -0.39 is 11.0 Å². The monoisotopic (exact) mass is 443 g/mol. The Morgan fingerprint density at radius 2 is 1.87 bits per heavy atom. The molecule has 2 aromatic carbocycles. The lowest BCUT2D eigenvalue weighted by molar-refractivity contribution is -0.150. The maximum atomic E-state index is 13.9. The molecule has 5 rings (SSSR count). The van der Waals surface area contributed by atoms with E-state index in [1.54, 1.807) is 12.1 Å². The number of para-hydroxylation sites is 1. The normalized spacial score (nSPS) is 31.5. The van der Waals surface area contributed by atoms with Gasteiger partial charge in [-0.1, -0.05) is 47.5 Å². The number of Topliss-reactive ketones (excluding diaryl/α,β-unsaturated/α-hetero) is 1. The summed E-state index contributed by atoms with van der Waals surface area (Å²) in [6, 6.07) is 13.1. The van der Waals surface area contributed by atoms with Gasteiger partial charge in [0.2, 0.25) is 0 Å². The minimum absolute atomic E-state index is 0.118. The Kier molecular flexibility index (Phi) is 4.53. The molecule has 7 heteroatoms. The van der Waals surface area contributed by atoms with Crippen molar-refractivity contribution in [2.24, 2.45) is 5.41 Å². The van der Waals surface area contributed by atoms with Crippen LogP contribution in [0.2, 0.25) is 10.0 Å². The molecule has 0 aromatic heterocycles.